The molecule has 28 heavy (non-hydrogen) atoms. The van der Waals surface area contributed by atoms with Gasteiger partial charge in [-0.1, -0.05) is 11.6 Å². The van der Waals surface area contributed by atoms with Crippen LogP contribution in [0.3, 0.4) is 0 Å². The number of nitrogens with zero attached hydrogens (tertiary/aromatic N) is 4. The van der Waals surface area contributed by atoms with Crippen molar-refractivity contribution in [2.24, 2.45) is 0 Å². The van der Waals surface area contributed by atoms with Crippen molar-refractivity contribution in [3.8, 4) is 5.69 Å². The van der Waals surface area contributed by atoms with E-state index in [1.54, 1.807) is 25.3 Å². The van der Waals surface area contributed by atoms with Crippen LogP contribution in [0.2, 0.25) is 5.15 Å². The zero-order valence-corrected chi connectivity index (χ0v) is 16.7. The summed E-state index contributed by atoms with van der Waals surface area (Å²) in [7, 11) is 0. The summed E-state index contributed by atoms with van der Waals surface area (Å²) >= 11 is 7.49. The molecule has 0 unspecified atom stereocenters. The van der Waals surface area contributed by atoms with E-state index in [-0.39, 0.29) is 23.9 Å². The molecule has 0 aromatic carbocycles. The summed E-state index contributed by atoms with van der Waals surface area (Å²) in [5.74, 6) is 0.577. The maximum atomic E-state index is 12.5. The van der Waals surface area contributed by atoms with E-state index >= 15 is 0 Å². The van der Waals surface area contributed by atoms with Gasteiger partial charge in [-0.2, -0.15) is 34.8 Å². The van der Waals surface area contributed by atoms with E-state index in [0.29, 0.717) is 34.2 Å². The average Bonchev–Trinajstić information content (AvgIpc) is 2.99. The molecule has 2 rings (SSSR count). The van der Waals surface area contributed by atoms with Gasteiger partial charge >= 0.3 is 6.18 Å². The molecular formula is C17H20ClF3N4O2S. The van der Waals surface area contributed by atoms with E-state index in [2.05, 4.69) is 5.10 Å². The molecule has 1 amide bonds. The maximum absolute atomic E-state index is 12.5. The molecule has 2 aromatic rings. The highest BCUT2D eigenvalue weighted by molar-refractivity contribution is 7.99. The Bertz CT molecular complexity index is 801. The SMILES string of the molecule is CCN(C(=O)CCSCCCC(F)(F)F)c1cn(-c2ccc[n+]([O-])c2)nc1Cl. The molecule has 2 aromatic heterocycles. The topological polar surface area (TPSA) is 65.1 Å². The molecule has 0 fully saturated rings. The van der Waals surface area contributed by atoms with Crippen LogP contribution in [0.1, 0.15) is 26.2 Å². The number of thioether (sulfide) groups is 1. The van der Waals surface area contributed by atoms with Crippen LogP contribution in [-0.4, -0.2) is 39.9 Å². The third-order valence-corrected chi connectivity index (χ3v) is 5.13. The molecule has 154 valence electrons. The van der Waals surface area contributed by atoms with E-state index < -0.39 is 12.6 Å². The minimum Gasteiger partial charge on any atom is -0.619 e. The number of rotatable bonds is 9. The summed E-state index contributed by atoms with van der Waals surface area (Å²) < 4.78 is 38.4. The van der Waals surface area contributed by atoms with E-state index in [1.807, 2.05) is 0 Å². The van der Waals surface area contributed by atoms with Gasteiger partial charge in [0.05, 0.1) is 6.20 Å². The number of amides is 1. The van der Waals surface area contributed by atoms with Crippen LogP contribution < -0.4 is 9.63 Å². The summed E-state index contributed by atoms with van der Waals surface area (Å²) in [5.41, 5.74) is 0.909. The second-order valence-corrected chi connectivity index (χ2v) is 7.47. The van der Waals surface area contributed by atoms with Crippen molar-refractivity contribution in [1.29, 1.82) is 0 Å². The number of hydrogen-bond donors (Lipinski definition) is 0. The largest absolute Gasteiger partial charge is 0.619 e. The summed E-state index contributed by atoms with van der Waals surface area (Å²) in [4.78, 5) is 14.0. The Hall–Kier alpha value is -1.94. The van der Waals surface area contributed by atoms with Crippen molar-refractivity contribution in [2.45, 2.75) is 32.4 Å². The number of aromatic nitrogens is 3. The lowest BCUT2D eigenvalue weighted by atomic mass is 10.3. The van der Waals surface area contributed by atoms with Crippen LogP contribution in [0.4, 0.5) is 18.9 Å². The number of anilines is 1. The predicted octanol–water partition coefficient (Wildman–Crippen LogP) is 3.98. The Kier molecular flexibility index (Phi) is 7.99. The molecular weight excluding hydrogens is 417 g/mol. The highest BCUT2D eigenvalue weighted by Gasteiger charge is 2.26. The third kappa shape index (κ3) is 6.59. The van der Waals surface area contributed by atoms with Gasteiger partial charge in [0.15, 0.2) is 11.3 Å². The van der Waals surface area contributed by atoms with Gasteiger partial charge in [-0.3, -0.25) is 4.79 Å². The Balaban J connectivity index is 1.94. The van der Waals surface area contributed by atoms with Crippen LogP contribution >= 0.6 is 23.4 Å². The Morgan fingerprint density at radius 2 is 2.18 bits per heavy atom. The Labute approximate surface area is 169 Å². The summed E-state index contributed by atoms with van der Waals surface area (Å²) in [6, 6.07) is 3.24. The smallest absolute Gasteiger partial charge is 0.389 e. The summed E-state index contributed by atoms with van der Waals surface area (Å²) in [5, 5.41) is 15.7. The molecule has 0 bridgehead atoms. The third-order valence-electron chi connectivity index (χ3n) is 3.79. The molecule has 0 saturated carbocycles. The maximum Gasteiger partial charge on any atom is 0.389 e. The van der Waals surface area contributed by atoms with Crippen molar-refractivity contribution in [1.82, 2.24) is 9.78 Å². The molecule has 2 heterocycles. The minimum absolute atomic E-state index is 0.0369. The Morgan fingerprint density at radius 3 is 2.82 bits per heavy atom. The number of carbonyl (C=O) groups is 1. The number of halogens is 4. The fourth-order valence-corrected chi connectivity index (χ4v) is 3.59. The highest BCUT2D eigenvalue weighted by Crippen LogP contribution is 2.27. The number of pyridine rings is 1. The molecule has 0 aliphatic rings. The average molecular weight is 437 g/mol. The van der Waals surface area contributed by atoms with Crippen molar-refractivity contribution in [3.63, 3.8) is 0 Å². The highest BCUT2D eigenvalue weighted by atomic mass is 35.5. The van der Waals surface area contributed by atoms with Crippen molar-refractivity contribution >= 4 is 35.0 Å². The molecule has 6 nitrogen and oxygen atoms in total. The second kappa shape index (κ2) is 10.0. The zero-order valence-electron chi connectivity index (χ0n) is 15.2. The quantitative estimate of drug-likeness (QED) is 0.339. The van der Waals surface area contributed by atoms with Crippen LogP contribution in [0.5, 0.6) is 0 Å². The minimum atomic E-state index is -4.14. The van der Waals surface area contributed by atoms with Gasteiger partial charge in [0.1, 0.15) is 11.4 Å². The summed E-state index contributed by atoms with van der Waals surface area (Å²) in [6.07, 6.45) is -0.516. The van der Waals surface area contributed by atoms with Crippen LogP contribution in [-0.2, 0) is 4.79 Å². The molecule has 0 saturated heterocycles. The lowest BCUT2D eigenvalue weighted by molar-refractivity contribution is -0.605. The standard InChI is InChI=1S/C17H20ClF3N4O2S/c1-2-24(15(26)6-10-28-9-4-7-17(19,20)21)14-12-25(22-16(14)18)13-5-3-8-23(27)11-13/h3,5,8,11-12H,2,4,6-7,9-10H2,1H3. The lowest BCUT2D eigenvalue weighted by Crippen LogP contribution is -2.30. The van der Waals surface area contributed by atoms with Crippen molar-refractivity contribution < 1.29 is 22.7 Å². The van der Waals surface area contributed by atoms with Gasteiger partial charge in [0.25, 0.3) is 0 Å². The van der Waals surface area contributed by atoms with E-state index in [1.165, 1.54) is 33.7 Å². The van der Waals surface area contributed by atoms with Gasteiger partial charge < -0.3 is 10.1 Å². The van der Waals surface area contributed by atoms with Crippen LogP contribution in [0.15, 0.2) is 30.7 Å². The lowest BCUT2D eigenvalue weighted by Gasteiger charge is -2.19. The number of alkyl halides is 3. The normalized spacial score (nSPS) is 11.6. The molecule has 0 aliphatic carbocycles. The van der Waals surface area contributed by atoms with Crippen LogP contribution in [0.25, 0.3) is 5.69 Å². The monoisotopic (exact) mass is 436 g/mol. The zero-order chi connectivity index (χ0) is 20.7. The summed E-state index contributed by atoms with van der Waals surface area (Å²) in [6.45, 7) is 2.15. The molecule has 0 radical (unpaired) electrons. The van der Waals surface area contributed by atoms with Crippen molar-refractivity contribution in [3.05, 3.63) is 41.1 Å². The van der Waals surface area contributed by atoms with Gasteiger partial charge in [0.2, 0.25) is 12.1 Å². The molecule has 0 aliphatic heterocycles. The second-order valence-electron chi connectivity index (χ2n) is 5.89. The van der Waals surface area contributed by atoms with E-state index in [4.69, 9.17) is 11.6 Å². The fraction of sp³-hybridized carbons (Fsp3) is 0.471. The number of carbonyl (C=O) groups excluding carboxylic acids is 1. The van der Waals surface area contributed by atoms with Crippen molar-refractivity contribution in [2.75, 3.05) is 23.0 Å². The molecule has 0 atom stereocenters. The molecule has 0 N–H and O–H groups in total. The first-order valence-electron chi connectivity index (χ1n) is 8.60. The first-order chi connectivity index (χ1) is 13.2. The number of hydrogen-bond acceptors (Lipinski definition) is 4. The van der Waals surface area contributed by atoms with Gasteiger partial charge in [-0.05, 0) is 25.2 Å². The first-order valence-corrected chi connectivity index (χ1v) is 10.1. The van der Waals surface area contributed by atoms with Gasteiger partial charge in [-0.25, -0.2) is 4.68 Å². The Morgan fingerprint density at radius 1 is 1.43 bits per heavy atom. The van der Waals surface area contributed by atoms with E-state index in [0.717, 1.165) is 0 Å². The van der Waals surface area contributed by atoms with Gasteiger partial charge in [-0.15, -0.1) is 0 Å². The molecule has 11 heteroatoms. The van der Waals surface area contributed by atoms with E-state index in [9.17, 15) is 23.2 Å². The fourth-order valence-electron chi connectivity index (χ4n) is 2.49. The predicted molar refractivity (Wildman–Crippen MR) is 103 cm³/mol. The van der Waals surface area contributed by atoms with Crippen LogP contribution in [0, 0.1) is 5.21 Å². The van der Waals surface area contributed by atoms with Gasteiger partial charge in [0, 0.05) is 31.2 Å². The molecule has 0 spiro atoms. The first kappa shape index (κ1) is 22.4.